The number of ketones is 2. The second-order valence-corrected chi connectivity index (χ2v) is 7.25. The molecule has 1 atom stereocenters. The van der Waals surface area contributed by atoms with Crippen LogP contribution in [0.5, 0.6) is 0 Å². The molecule has 1 aromatic heterocycles. The summed E-state index contributed by atoms with van der Waals surface area (Å²) in [7, 11) is 0. The number of carbonyl (C=O) groups is 2. The monoisotopic (exact) mass is 328 g/mol. The van der Waals surface area contributed by atoms with Crippen LogP contribution >= 0.6 is 0 Å². The first-order valence-corrected chi connectivity index (χ1v) is 7.78. The number of H-pyrrole nitrogens is 1. The van der Waals surface area contributed by atoms with Crippen molar-refractivity contribution in [1.29, 1.82) is 0 Å². The Morgan fingerprint density at radius 3 is 2.33 bits per heavy atom. The Morgan fingerprint density at radius 2 is 1.75 bits per heavy atom. The van der Waals surface area contributed by atoms with Crippen molar-refractivity contribution < 1.29 is 14.7 Å². The van der Waals surface area contributed by atoms with Gasteiger partial charge in [-0.1, -0.05) is 0 Å². The van der Waals surface area contributed by atoms with Crippen molar-refractivity contribution in [3.05, 3.63) is 56.2 Å². The minimum absolute atomic E-state index is 0.0000926. The number of nitrogens with one attached hydrogen (secondary N) is 1. The Kier molecular flexibility index (Phi) is 3.42. The van der Waals surface area contributed by atoms with Crippen LogP contribution in [0.4, 0.5) is 0 Å². The average molecular weight is 328 g/mol. The summed E-state index contributed by atoms with van der Waals surface area (Å²) in [5, 5.41) is 10.5. The lowest BCUT2D eigenvalue weighted by Crippen LogP contribution is -2.52. The third-order valence-electron chi connectivity index (χ3n) is 4.39. The van der Waals surface area contributed by atoms with Gasteiger partial charge in [0.05, 0.1) is 11.1 Å². The van der Waals surface area contributed by atoms with Crippen LogP contribution in [0.1, 0.15) is 54.1 Å². The summed E-state index contributed by atoms with van der Waals surface area (Å²) in [5.74, 6) is -0.745. The van der Waals surface area contributed by atoms with Crippen molar-refractivity contribution in [2.24, 2.45) is 0 Å². The molecule has 126 valence electrons. The summed E-state index contributed by atoms with van der Waals surface area (Å²) < 4.78 is 0. The van der Waals surface area contributed by atoms with E-state index < -0.39 is 23.1 Å². The van der Waals surface area contributed by atoms with E-state index in [9.17, 15) is 19.5 Å². The first-order chi connectivity index (χ1) is 11.0. The molecule has 6 nitrogen and oxygen atoms in total. The predicted molar refractivity (Wildman–Crippen MR) is 88.8 cm³/mol. The number of aliphatic hydroxyl groups is 1. The smallest absolute Gasteiger partial charge is 0.248 e. The van der Waals surface area contributed by atoms with E-state index in [1.54, 1.807) is 19.9 Å². The summed E-state index contributed by atoms with van der Waals surface area (Å²) in [6.45, 7) is 8.89. The molecule has 0 amide bonds. The van der Waals surface area contributed by atoms with E-state index in [1.807, 2.05) is 20.8 Å². The van der Waals surface area contributed by atoms with E-state index in [0.29, 0.717) is 16.7 Å². The minimum Gasteiger partial charge on any atom is -0.370 e. The summed E-state index contributed by atoms with van der Waals surface area (Å²) in [4.78, 5) is 41.9. The topological polar surface area (TPSA) is 90.5 Å². The largest absolute Gasteiger partial charge is 0.370 e. The second-order valence-electron chi connectivity index (χ2n) is 7.25. The van der Waals surface area contributed by atoms with Gasteiger partial charge in [-0.25, -0.2) is 0 Å². The predicted octanol–water partition coefficient (Wildman–Crippen LogP) is 1.70. The van der Waals surface area contributed by atoms with Gasteiger partial charge in [0.15, 0.2) is 5.78 Å². The van der Waals surface area contributed by atoms with E-state index >= 15 is 0 Å². The maximum atomic E-state index is 13.1. The Hall–Kier alpha value is -2.47. The van der Waals surface area contributed by atoms with Crippen LogP contribution in [0.3, 0.4) is 0 Å². The molecule has 2 aliphatic rings. The highest BCUT2D eigenvalue weighted by Gasteiger charge is 2.44. The molecule has 3 rings (SSSR count). The minimum atomic E-state index is -1.02. The lowest BCUT2D eigenvalue weighted by Gasteiger charge is -2.45. The van der Waals surface area contributed by atoms with Crippen LogP contribution in [-0.4, -0.2) is 38.3 Å². The van der Waals surface area contributed by atoms with Crippen molar-refractivity contribution in [1.82, 2.24) is 9.88 Å². The number of aryl methyl sites for hydroxylation is 1. The van der Waals surface area contributed by atoms with Crippen molar-refractivity contribution in [3.63, 3.8) is 0 Å². The van der Waals surface area contributed by atoms with Crippen LogP contribution in [0.15, 0.2) is 33.8 Å². The zero-order valence-corrected chi connectivity index (χ0v) is 14.4. The van der Waals surface area contributed by atoms with E-state index in [2.05, 4.69) is 4.98 Å². The molecule has 1 unspecified atom stereocenters. The normalized spacial score (nSPS) is 20.8. The Balaban J connectivity index is 2.36. The van der Waals surface area contributed by atoms with Gasteiger partial charge in [0.1, 0.15) is 17.6 Å². The van der Waals surface area contributed by atoms with Gasteiger partial charge >= 0.3 is 0 Å². The molecule has 0 fully saturated rings. The molecule has 2 heterocycles. The van der Waals surface area contributed by atoms with Gasteiger partial charge in [-0.3, -0.25) is 14.4 Å². The number of nitrogens with zero attached hydrogens (tertiary/aromatic N) is 1. The molecule has 24 heavy (non-hydrogen) atoms. The van der Waals surface area contributed by atoms with Gasteiger partial charge in [0.2, 0.25) is 11.3 Å². The third kappa shape index (κ3) is 2.17. The van der Waals surface area contributed by atoms with Crippen LogP contribution in [-0.2, 0) is 0 Å². The molecule has 0 spiro atoms. The highest BCUT2D eigenvalue weighted by Crippen LogP contribution is 2.39. The fourth-order valence-electron chi connectivity index (χ4n) is 3.46. The number of Topliss-reactive ketones (excluding diaryl/α,β-unsaturated/α-hetero) is 2. The van der Waals surface area contributed by atoms with E-state index in [-0.39, 0.29) is 22.7 Å². The number of hydrogen-bond acceptors (Lipinski definition) is 5. The zero-order valence-electron chi connectivity index (χ0n) is 14.4. The summed E-state index contributed by atoms with van der Waals surface area (Å²) in [5.41, 5.74) is 0.692. The number of aromatic amines is 1. The van der Waals surface area contributed by atoms with Gasteiger partial charge in [0.25, 0.3) is 0 Å². The van der Waals surface area contributed by atoms with Crippen LogP contribution in [0.25, 0.3) is 0 Å². The molecule has 0 saturated carbocycles. The van der Waals surface area contributed by atoms with E-state index in [4.69, 9.17) is 0 Å². The molecule has 0 bridgehead atoms. The molecule has 1 aromatic rings. The van der Waals surface area contributed by atoms with E-state index in [0.717, 1.165) is 0 Å². The van der Waals surface area contributed by atoms with Gasteiger partial charge in [-0.2, -0.15) is 0 Å². The van der Waals surface area contributed by atoms with Crippen LogP contribution in [0, 0.1) is 6.92 Å². The van der Waals surface area contributed by atoms with Crippen molar-refractivity contribution in [3.8, 4) is 0 Å². The van der Waals surface area contributed by atoms with Crippen molar-refractivity contribution in [2.45, 2.75) is 46.4 Å². The molecule has 1 aliphatic heterocycles. The van der Waals surface area contributed by atoms with Gasteiger partial charge in [-0.15, -0.1) is 0 Å². The molecule has 0 aromatic carbocycles. The fraction of sp³-hybridized carbons (Fsp3) is 0.389. The number of allylic oxidation sites excluding steroid dienone is 3. The van der Waals surface area contributed by atoms with Gasteiger partial charge in [0, 0.05) is 11.6 Å². The number of pyridine rings is 1. The number of carbonyl (C=O) groups excluding carboxylic acids is 2. The molecule has 2 N–H and O–H groups in total. The summed E-state index contributed by atoms with van der Waals surface area (Å²) >= 11 is 0. The third-order valence-corrected chi connectivity index (χ3v) is 4.39. The molecule has 1 aliphatic carbocycles. The van der Waals surface area contributed by atoms with Crippen LogP contribution in [0.2, 0.25) is 0 Å². The molecule has 0 saturated heterocycles. The first kappa shape index (κ1) is 16.4. The highest BCUT2D eigenvalue weighted by atomic mass is 16.3. The average Bonchev–Trinajstić information content (AvgIpc) is 2.41. The van der Waals surface area contributed by atoms with E-state index in [1.165, 1.54) is 11.0 Å². The Labute approximate surface area is 139 Å². The number of hydrogen-bond donors (Lipinski definition) is 2. The lowest BCUT2D eigenvalue weighted by molar-refractivity contribution is 0.00405. The molecule has 6 heteroatoms. The maximum Gasteiger partial charge on any atom is 0.248 e. The number of aliphatic hydroxyl groups excluding tert-OH is 1. The highest BCUT2D eigenvalue weighted by molar-refractivity contribution is 6.28. The summed E-state index contributed by atoms with van der Waals surface area (Å²) in [6, 6.07) is 1.31. The van der Waals surface area contributed by atoms with Crippen molar-refractivity contribution in [2.75, 3.05) is 0 Å². The number of rotatable bonds is 0. The van der Waals surface area contributed by atoms with Crippen LogP contribution < -0.4 is 5.56 Å². The van der Waals surface area contributed by atoms with Crippen molar-refractivity contribution >= 4 is 11.6 Å². The molecule has 0 radical (unpaired) electrons. The fourth-order valence-corrected chi connectivity index (χ4v) is 3.46. The molecular formula is C18H20N2O4. The lowest BCUT2D eigenvalue weighted by atomic mass is 9.81. The standard InChI is InChI=1S/C18H20N2O4/c1-8-6-10(21)19-14-12(8)16(23)13-9(2)7-11(22)20(18(3,4)5)15(13)17(14)24/h6-7,11,22H,1-5H3,(H,19,21). The quantitative estimate of drug-likeness (QED) is 0.756. The Morgan fingerprint density at radius 1 is 1.12 bits per heavy atom. The zero-order chi connectivity index (χ0) is 18.0. The number of fused-ring (bicyclic) bond motifs is 1. The molecular weight excluding hydrogens is 308 g/mol. The Bertz CT molecular complexity index is 897. The van der Waals surface area contributed by atoms with Gasteiger partial charge < -0.3 is 15.0 Å². The first-order valence-electron chi connectivity index (χ1n) is 7.78. The SMILES string of the molecule is CC1=CC(O)N(C(C)(C)C)C2=C1C(=O)c1c(C)cc(=O)[nH]c1C2=O. The number of aromatic nitrogens is 1. The second kappa shape index (κ2) is 5.01. The van der Waals surface area contributed by atoms with Gasteiger partial charge in [-0.05, 0) is 51.8 Å². The maximum absolute atomic E-state index is 13.1. The summed E-state index contributed by atoms with van der Waals surface area (Å²) in [6.07, 6.45) is 0.556.